The molecule has 0 aliphatic carbocycles. The molecule has 0 spiro atoms. The van der Waals surface area contributed by atoms with Crippen molar-refractivity contribution in [3.05, 3.63) is 95.3 Å². The molecule has 0 aliphatic heterocycles. The molecule has 0 saturated heterocycles. The van der Waals surface area contributed by atoms with Crippen LogP contribution in [0, 0.1) is 6.92 Å². The number of urea groups is 1. The van der Waals surface area contributed by atoms with Crippen LogP contribution in [0.1, 0.15) is 5.69 Å². The summed E-state index contributed by atoms with van der Waals surface area (Å²) >= 11 is 1.61. The molecule has 0 unspecified atom stereocenters. The second-order valence-corrected chi connectivity index (χ2v) is 8.43. The minimum atomic E-state index is -0.440. The van der Waals surface area contributed by atoms with E-state index in [0.29, 0.717) is 23.1 Å². The summed E-state index contributed by atoms with van der Waals surface area (Å²) in [5.74, 6) is 0.790. The highest BCUT2D eigenvalue weighted by Crippen LogP contribution is 2.27. The minimum Gasteiger partial charge on any atom is -0.322 e. The molecule has 3 N–H and O–H groups in total. The van der Waals surface area contributed by atoms with Gasteiger partial charge < -0.3 is 10.6 Å². The van der Waals surface area contributed by atoms with Gasteiger partial charge in [0.25, 0.3) is 0 Å². The summed E-state index contributed by atoms with van der Waals surface area (Å²) in [4.78, 5) is 21.8. The fourth-order valence-corrected chi connectivity index (χ4v) is 4.09. The predicted octanol–water partition coefficient (Wildman–Crippen LogP) is 6.36. The first-order chi connectivity index (χ1) is 17.1. The van der Waals surface area contributed by atoms with Gasteiger partial charge in [0.05, 0.1) is 22.8 Å². The molecule has 0 radical (unpaired) electrons. The SMILES string of the molecule is Cc1cc(-c2ccsc2)nc(Nc2ccccc2NC(=O)Nc2ccc(-c3ccccc3)nn2)n1. The highest BCUT2D eigenvalue weighted by Gasteiger charge is 2.11. The molecule has 5 rings (SSSR count). The number of nitrogens with zero attached hydrogens (tertiary/aromatic N) is 4. The predicted molar refractivity (Wildman–Crippen MR) is 140 cm³/mol. The Kier molecular flexibility index (Phi) is 6.40. The number of benzene rings is 2. The van der Waals surface area contributed by atoms with Gasteiger partial charge in [-0.05, 0) is 48.7 Å². The summed E-state index contributed by atoms with van der Waals surface area (Å²) in [7, 11) is 0. The third kappa shape index (κ3) is 5.48. The van der Waals surface area contributed by atoms with Gasteiger partial charge >= 0.3 is 6.03 Å². The number of para-hydroxylation sites is 2. The first-order valence-electron chi connectivity index (χ1n) is 10.9. The van der Waals surface area contributed by atoms with Crippen LogP contribution in [0.2, 0.25) is 0 Å². The van der Waals surface area contributed by atoms with Gasteiger partial charge in [0, 0.05) is 22.2 Å². The fraction of sp³-hybridized carbons (Fsp3) is 0.0385. The second kappa shape index (κ2) is 10.1. The van der Waals surface area contributed by atoms with Crippen LogP contribution in [-0.2, 0) is 0 Å². The van der Waals surface area contributed by atoms with E-state index in [1.807, 2.05) is 84.4 Å². The van der Waals surface area contributed by atoms with Crippen molar-refractivity contribution in [2.45, 2.75) is 6.92 Å². The van der Waals surface area contributed by atoms with Crippen LogP contribution in [0.5, 0.6) is 0 Å². The van der Waals surface area contributed by atoms with Gasteiger partial charge in [0.2, 0.25) is 5.95 Å². The van der Waals surface area contributed by atoms with E-state index >= 15 is 0 Å². The summed E-state index contributed by atoms with van der Waals surface area (Å²) in [6, 6.07) is 24.1. The third-order valence-corrected chi connectivity index (χ3v) is 5.75. The molecular weight excluding hydrogens is 458 g/mol. The number of rotatable bonds is 6. The van der Waals surface area contributed by atoms with E-state index in [-0.39, 0.29) is 0 Å². The number of aryl methyl sites for hydroxylation is 1. The van der Waals surface area contributed by atoms with E-state index in [1.165, 1.54) is 0 Å². The number of hydrogen-bond acceptors (Lipinski definition) is 7. The average Bonchev–Trinajstić information content (AvgIpc) is 3.41. The van der Waals surface area contributed by atoms with Crippen LogP contribution >= 0.6 is 11.3 Å². The van der Waals surface area contributed by atoms with Crippen molar-refractivity contribution in [3.63, 3.8) is 0 Å². The van der Waals surface area contributed by atoms with Crippen LogP contribution in [-0.4, -0.2) is 26.2 Å². The number of carbonyl (C=O) groups is 1. The normalized spacial score (nSPS) is 10.5. The van der Waals surface area contributed by atoms with E-state index in [2.05, 4.69) is 36.1 Å². The Labute approximate surface area is 206 Å². The molecule has 35 heavy (non-hydrogen) atoms. The Morgan fingerprint density at radius 2 is 1.57 bits per heavy atom. The van der Waals surface area contributed by atoms with Crippen LogP contribution in [0.3, 0.4) is 0 Å². The van der Waals surface area contributed by atoms with E-state index in [9.17, 15) is 4.79 Å². The zero-order chi connectivity index (χ0) is 24.0. The summed E-state index contributed by atoms with van der Waals surface area (Å²) in [5, 5.41) is 21.2. The molecule has 0 fully saturated rings. The zero-order valence-electron chi connectivity index (χ0n) is 18.8. The molecule has 172 valence electrons. The molecule has 9 heteroatoms. The topological polar surface area (TPSA) is 105 Å². The Morgan fingerprint density at radius 1 is 0.771 bits per heavy atom. The van der Waals surface area contributed by atoms with E-state index in [1.54, 1.807) is 23.5 Å². The summed E-state index contributed by atoms with van der Waals surface area (Å²) in [5.41, 5.74) is 5.62. The molecule has 0 bridgehead atoms. The van der Waals surface area contributed by atoms with Crippen molar-refractivity contribution in [3.8, 4) is 22.5 Å². The molecule has 8 nitrogen and oxygen atoms in total. The lowest BCUT2D eigenvalue weighted by Crippen LogP contribution is -2.21. The first kappa shape index (κ1) is 22.2. The molecule has 2 amide bonds. The lowest BCUT2D eigenvalue weighted by atomic mass is 10.1. The number of nitrogens with one attached hydrogen (secondary N) is 3. The number of anilines is 4. The molecule has 3 heterocycles. The smallest absolute Gasteiger partial charge is 0.322 e. The maximum absolute atomic E-state index is 12.7. The molecular formula is C26H21N7OS. The van der Waals surface area contributed by atoms with Crippen LogP contribution in [0.25, 0.3) is 22.5 Å². The fourth-order valence-electron chi connectivity index (χ4n) is 3.44. The number of aromatic nitrogens is 4. The standard InChI is InChI=1S/C26H21N7OS/c1-17-15-23(19-13-14-35-16-19)29-25(27-17)28-21-9-5-6-10-22(21)30-26(34)31-24-12-11-20(32-33-24)18-7-3-2-4-8-18/h2-16H,1H3,(H,27,28,29)(H2,30,31,33,34). The summed E-state index contributed by atoms with van der Waals surface area (Å²) in [6.07, 6.45) is 0. The van der Waals surface area contributed by atoms with Gasteiger partial charge in [-0.1, -0.05) is 42.5 Å². The number of thiophene rings is 1. The van der Waals surface area contributed by atoms with Gasteiger partial charge in [-0.2, -0.15) is 11.3 Å². The zero-order valence-corrected chi connectivity index (χ0v) is 19.6. The Bertz CT molecular complexity index is 1440. The van der Waals surface area contributed by atoms with Gasteiger partial charge in [0.15, 0.2) is 5.82 Å². The van der Waals surface area contributed by atoms with Gasteiger partial charge in [-0.15, -0.1) is 10.2 Å². The van der Waals surface area contributed by atoms with Crippen molar-refractivity contribution in [2.24, 2.45) is 0 Å². The molecule has 0 saturated carbocycles. The van der Waals surface area contributed by atoms with Crippen molar-refractivity contribution in [1.82, 2.24) is 20.2 Å². The van der Waals surface area contributed by atoms with Gasteiger partial charge in [0.1, 0.15) is 0 Å². The van der Waals surface area contributed by atoms with Crippen LogP contribution in [0.4, 0.5) is 27.9 Å². The first-order valence-corrected chi connectivity index (χ1v) is 11.8. The van der Waals surface area contributed by atoms with Crippen molar-refractivity contribution in [1.29, 1.82) is 0 Å². The number of hydrogen-bond donors (Lipinski definition) is 3. The van der Waals surface area contributed by atoms with Gasteiger partial charge in [-0.25, -0.2) is 14.8 Å². The lowest BCUT2D eigenvalue weighted by Gasteiger charge is -2.13. The second-order valence-electron chi connectivity index (χ2n) is 7.65. The monoisotopic (exact) mass is 479 g/mol. The molecule has 3 aromatic heterocycles. The lowest BCUT2D eigenvalue weighted by molar-refractivity contribution is 0.262. The van der Waals surface area contributed by atoms with E-state index < -0.39 is 6.03 Å². The maximum atomic E-state index is 12.7. The molecule has 0 atom stereocenters. The summed E-state index contributed by atoms with van der Waals surface area (Å²) in [6.45, 7) is 1.92. The quantitative estimate of drug-likeness (QED) is 0.262. The van der Waals surface area contributed by atoms with Crippen molar-refractivity contribution < 1.29 is 4.79 Å². The van der Waals surface area contributed by atoms with E-state index in [4.69, 9.17) is 0 Å². The largest absolute Gasteiger partial charge is 0.324 e. The van der Waals surface area contributed by atoms with Crippen molar-refractivity contribution >= 4 is 40.5 Å². The highest BCUT2D eigenvalue weighted by molar-refractivity contribution is 7.08. The average molecular weight is 480 g/mol. The number of amides is 2. The Balaban J connectivity index is 1.29. The maximum Gasteiger partial charge on any atom is 0.324 e. The highest BCUT2D eigenvalue weighted by atomic mass is 32.1. The Morgan fingerprint density at radius 3 is 2.31 bits per heavy atom. The molecule has 2 aromatic carbocycles. The number of carbonyl (C=O) groups excluding carboxylic acids is 1. The van der Waals surface area contributed by atoms with E-state index in [0.717, 1.165) is 28.2 Å². The van der Waals surface area contributed by atoms with Crippen LogP contribution in [0.15, 0.2) is 89.6 Å². The molecule has 5 aromatic rings. The van der Waals surface area contributed by atoms with Crippen LogP contribution < -0.4 is 16.0 Å². The van der Waals surface area contributed by atoms with Gasteiger partial charge in [-0.3, -0.25) is 5.32 Å². The van der Waals surface area contributed by atoms with Crippen molar-refractivity contribution in [2.75, 3.05) is 16.0 Å². The third-order valence-electron chi connectivity index (χ3n) is 5.07. The summed E-state index contributed by atoms with van der Waals surface area (Å²) < 4.78 is 0. The minimum absolute atomic E-state index is 0.343. The molecule has 0 aliphatic rings. The Hall–Kier alpha value is -4.63.